The lowest BCUT2D eigenvalue weighted by molar-refractivity contribution is 1.39. The molecule has 0 saturated carbocycles. The van der Waals surface area contributed by atoms with Crippen molar-refractivity contribution in [3.8, 4) is 10.4 Å². The van der Waals surface area contributed by atoms with E-state index in [0.29, 0.717) is 0 Å². The standard InChI is InChI=1S/C15H20SSi/c1-11-8-12(2)10-13(9-11)14-6-7-15(16-14)17(3,4)5/h6-10H,1-5H3. The van der Waals surface area contributed by atoms with Gasteiger partial charge in [-0.3, -0.25) is 0 Å². The van der Waals surface area contributed by atoms with Crippen LogP contribution in [-0.2, 0) is 0 Å². The Labute approximate surface area is 109 Å². The van der Waals surface area contributed by atoms with Crippen molar-refractivity contribution < 1.29 is 0 Å². The highest BCUT2D eigenvalue weighted by molar-refractivity contribution is 7.28. The zero-order valence-corrected chi connectivity index (χ0v) is 13.1. The average Bonchev–Trinajstić information content (AvgIpc) is 2.63. The van der Waals surface area contributed by atoms with E-state index in [4.69, 9.17) is 0 Å². The molecule has 0 aliphatic carbocycles. The molecule has 0 aliphatic heterocycles. The largest absolute Gasteiger partial charge is 0.145 e. The minimum absolute atomic E-state index is 1.15. The van der Waals surface area contributed by atoms with E-state index in [1.54, 1.807) is 4.50 Å². The van der Waals surface area contributed by atoms with Gasteiger partial charge in [0.15, 0.2) is 0 Å². The maximum Gasteiger partial charge on any atom is 0.0904 e. The molecule has 1 aromatic carbocycles. The molecule has 0 atom stereocenters. The summed E-state index contributed by atoms with van der Waals surface area (Å²) in [5, 5.41) is 0. The van der Waals surface area contributed by atoms with Crippen molar-refractivity contribution in [1.29, 1.82) is 0 Å². The zero-order valence-electron chi connectivity index (χ0n) is 11.3. The first kappa shape index (κ1) is 12.6. The smallest absolute Gasteiger partial charge is 0.0904 e. The highest BCUT2D eigenvalue weighted by Gasteiger charge is 2.18. The lowest BCUT2D eigenvalue weighted by Crippen LogP contribution is -2.34. The van der Waals surface area contributed by atoms with Crippen molar-refractivity contribution in [2.24, 2.45) is 0 Å². The van der Waals surface area contributed by atoms with E-state index in [-0.39, 0.29) is 0 Å². The lowest BCUT2D eigenvalue weighted by Gasteiger charge is -2.12. The predicted octanol–water partition coefficient (Wildman–Crippen LogP) is 4.58. The first-order valence-electron chi connectivity index (χ1n) is 6.05. The zero-order chi connectivity index (χ0) is 12.6. The van der Waals surface area contributed by atoms with Gasteiger partial charge >= 0.3 is 0 Å². The van der Waals surface area contributed by atoms with Gasteiger partial charge in [-0.25, -0.2) is 0 Å². The van der Waals surface area contributed by atoms with Gasteiger partial charge in [-0.2, -0.15) is 0 Å². The molecular weight excluding hydrogens is 240 g/mol. The summed E-state index contributed by atoms with van der Waals surface area (Å²) in [5.74, 6) is 0. The van der Waals surface area contributed by atoms with Crippen LogP contribution in [0.4, 0.5) is 0 Å². The SMILES string of the molecule is Cc1cc(C)cc(-c2ccc([Si](C)(C)C)s2)c1. The number of benzene rings is 1. The molecule has 0 aliphatic rings. The Morgan fingerprint density at radius 1 is 0.882 bits per heavy atom. The average molecular weight is 260 g/mol. The van der Waals surface area contributed by atoms with Crippen molar-refractivity contribution in [2.45, 2.75) is 33.5 Å². The second-order valence-corrected chi connectivity index (χ2v) is 12.3. The molecule has 0 spiro atoms. The number of aryl methyl sites for hydroxylation is 2. The van der Waals surface area contributed by atoms with E-state index in [1.807, 2.05) is 11.3 Å². The van der Waals surface area contributed by atoms with Crippen LogP contribution in [0.25, 0.3) is 10.4 Å². The van der Waals surface area contributed by atoms with Crippen molar-refractivity contribution in [1.82, 2.24) is 0 Å². The van der Waals surface area contributed by atoms with Gasteiger partial charge in [0.25, 0.3) is 0 Å². The molecule has 0 fully saturated rings. The number of hydrogen-bond donors (Lipinski definition) is 0. The maximum atomic E-state index is 2.41. The third kappa shape index (κ3) is 2.88. The van der Waals surface area contributed by atoms with Gasteiger partial charge < -0.3 is 0 Å². The summed E-state index contributed by atoms with van der Waals surface area (Å²) in [7, 11) is -1.15. The third-order valence-corrected chi connectivity index (χ3v) is 7.59. The Morgan fingerprint density at radius 2 is 1.47 bits per heavy atom. The van der Waals surface area contributed by atoms with Crippen LogP contribution in [0.2, 0.25) is 19.6 Å². The summed E-state index contributed by atoms with van der Waals surface area (Å²) in [6.45, 7) is 11.6. The van der Waals surface area contributed by atoms with Crippen LogP contribution in [0.15, 0.2) is 30.3 Å². The summed E-state index contributed by atoms with van der Waals surface area (Å²) in [6, 6.07) is 11.4. The van der Waals surface area contributed by atoms with E-state index < -0.39 is 8.07 Å². The highest BCUT2D eigenvalue weighted by atomic mass is 32.1. The van der Waals surface area contributed by atoms with E-state index >= 15 is 0 Å². The molecule has 0 unspecified atom stereocenters. The Balaban J connectivity index is 2.44. The van der Waals surface area contributed by atoms with Crippen LogP contribution < -0.4 is 4.50 Å². The summed E-state index contributed by atoms with van der Waals surface area (Å²) in [4.78, 5) is 1.41. The van der Waals surface area contributed by atoms with Gasteiger partial charge in [0.1, 0.15) is 0 Å². The topological polar surface area (TPSA) is 0 Å². The molecule has 2 rings (SSSR count). The van der Waals surface area contributed by atoms with Gasteiger partial charge in [0, 0.05) is 4.88 Å². The fraction of sp³-hybridized carbons (Fsp3) is 0.333. The molecule has 0 bridgehead atoms. The van der Waals surface area contributed by atoms with E-state index in [1.165, 1.54) is 21.6 Å². The van der Waals surface area contributed by atoms with E-state index in [0.717, 1.165) is 0 Å². The molecule has 0 amide bonds. The van der Waals surface area contributed by atoms with Gasteiger partial charge in [0.05, 0.1) is 8.07 Å². The van der Waals surface area contributed by atoms with Crippen molar-refractivity contribution >= 4 is 23.9 Å². The molecule has 0 saturated heterocycles. The Kier molecular flexibility index (Phi) is 3.28. The van der Waals surface area contributed by atoms with Gasteiger partial charge in [0.2, 0.25) is 0 Å². The van der Waals surface area contributed by atoms with Crippen LogP contribution in [0.3, 0.4) is 0 Å². The molecule has 90 valence electrons. The Hall–Kier alpha value is -0.863. The van der Waals surface area contributed by atoms with Crippen LogP contribution >= 0.6 is 11.3 Å². The predicted molar refractivity (Wildman–Crippen MR) is 82.2 cm³/mol. The van der Waals surface area contributed by atoms with Gasteiger partial charge in [-0.05, 0) is 30.0 Å². The minimum atomic E-state index is -1.15. The van der Waals surface area contributed by atoms with Crippen molar-refractivity contribution in [2.75, 3.05) is 0 Å². The maximum absolute atomic E-state index is 2.41. The molecule has 0 N–H and O–H groups in total. The molecule has 0 radical (unpaired) electrons. The fourth-order valence-electron chi connectivity index (χ4n) is 2.01. The van der Waals surface area contributed by atoms with Crippen LogP contribution in [-0.4, -0.2) is 8.07 Å². The molecule has 1 aromatic heterocycles. The lowest BCUT2D eigenvalue weighted by atomic mass is 10.1. The Morgan fingerprint density at radius 3 is 1.94 bits per heavy atom. The van der Waals surface area contributed by atoms with Gasteiger partial charge in [-0.1, -0.05) is 55.0 Å². The first-order chi connectivity index (χ1) is 7.86. The highest BCUT2D eigenvalue weighted by Crippen LogP contribution is 2.27. The quantitative estimate of drug-likeness (QED) is 0.694. The number of thiophene rings is 1. The summed E-state index contributed by atoms with van der Waals surface area (Å²) >= 11 is 1.97. The van der Waals surface area contributed by atoms with Crippen LogP contribution in [0.5, 0.6) is 0 Å². The molecule has 17 heavy (non-hydrogen) atoms. The Bertz CT molecular complexity index is 512. The second kappa shape index (κ2) is 4.43. The third-order valence-electron chi connectivity index (χ3n) is 2.85. The van der Waals surface area contributed by atoms with Crippen LogP contribution in [0.1, 0.15) is 11.1 Å². The molecule has 0 nitrogen and oxygen atoms in total. The van der Waals surface area contributed by atoms with Gasteiger partial charge in [-0.15, -0.1) is 11.3 Å². The summed E-state index contributed by atoms with van der Waals surface area (Å²) in [6.07, 6.45) is 0. The minimum Gasteiger partial charge on any atom is -0.145 e. The summed E-state index contributed by atoms with van der Waals surface area (Å²) in [5.41, 5.74) is 4.07. The molecular formula is C15H20SSi. The van der Waals surface area contributed by atoms with Crippen LogP contribution in [0, 0.1) is 13.8 Å². The fourth-order valence-corrected chi connectivity index (χ4v) is 4.90. The monoisotopic (exact) mass is 260 g/mol. The molecule has 2 heteroatoms. The molecule has 2 aromatic rings. The van der Waals surface area contributed by atoms with Crippen molar-refractivity contribution in [3.63, 3.8) is 0 Å². The molecule has 1 heterocycles. The first-order valence-corrected chi connectivity index (χ1v) is 10.4. The van der Waals surface area contributed by atoms with E-state index in [9.17, 15) is 0 Å². The number of hydrogen-bond acceptors (Lipinski definition) is 1. The summed E-state index contributed by atoms with van der Waals surface area (Å²) < 4.78 is 1.59. The van der Waals surface area contributed by atoms with Crippen molar-refractivity contribution in [3.05, 3.63) is 41.5 Å². The number of rotatable bonds is 2. The second-order valence-electron chi connectivity index (χ2n) is 5.79. The van der Waals surface area contributed by atoms with E-state index in [2.05, 4.69) is 63.8 Å². The normalized spacial score (nSPS) is 11.8.